The van der Waals surface area contributed by atoms with Gasteiger partial charge >= 0.3 is 0 Å². The zero-order valence-electron chi connectivity index (χ0n) is 15.7. The standard InChI is InChI=1S/C17H22ClN7O3/c1-8(2)11(7-26)20-17-21-15(14-16(22-17)25(3)24-23-14)19-6-10-12(27)4-9(18)5-13(10)28/h4-5,8,11,26-28H,6-7H2,1-3H3,(H2,19,20,21,22). The van der Waals surface area contributed by atoms with Crippen molar-refractivity contribution in [3.8, 4) is 11.5 Å². The fraction of sp³-hybridized carbons (Fsp3) is 0.412. The van der Waals surface area contributed by atoms with Gasteiger partial charge in [0.05, 0.1) is 18.2 Å². The second-order valence-corrected chi connectivity index (χ2v) is 7.17. The average Bonchev–Trinajstić information content (AvgIpc) is 2.99. The van der Waals surface area contributed by atoms with Crippen molar-refractivity contribution in [3.05, 3.63) is 22.7 Å². The molecule has 11 heteroatoms. The SMILES string of the molecule is CC(C)C(CO)Nc1nc(NCc2c(O)cc(Cl)cc2O)c2nnn(C)c2n1. The van der Waals surface area contributed by atoms with Crippen molar-refractivity contribution in [2.75, 3.05) is 17.2 Å². The molecule has 0 saturated carbocycles. The molecule has 3 rings (SSSR count). The van der Waals surface area contributed by atoms with Crippen LogP contribution in [0.25, 0.3) is 11.2 Å². The van der Waals surface area contributed by atoms with Crippen molar-refractivity contribution in [1.82, 2.24) is 25.0 Å². The Hall–Kier alpha value is -2.85. The summed E-state index contributed by atoms with van der Waals surface area (Å²) >= 11 is 5.82. The molecule has 28 heavy (non-hydrogen) atoms. The van der Waals surface area contributed by atoms with E-state index in [0.29, 0.717) is 22.9 Å². The molecular formula is C17H22ClN7O3. The molecular weight excluding hydrogens is 386 g/mol. The number of hydrogen-bond acceptors (Lipinski definition) is 9. The van der Waals surface area contributed by atoms with Gasteiger partial charge in [-0.1, -0.05) is 30.7 Å². The molecule has 0 aliphatic carbocycles. The van der Waals surface area contributed by atoms with Crippen molar-refractivity contribution < 1.29 is 15.3 Å². The zero-order chi connectivity index (χ0) is 20.4. The number of nitrogens with one attached hydrogen (secondary N) is 2. The first-order valence-corrected chi connectivity index (χ1v) is 9.07. The minimum absolute atomic E-state index is 0.0714. The minimum Gasteiger partial charge on any atom is -0.507 e. The molecule has 0 aliphatic heterocycles. The highest BCUT2D eigenvalue weighted by molar-refractivity contribution is 6.30. The Morgan fingerprint density at radius 2 is 1.86 bits per heavy atom. The van der Waals surface area contributed by atoms with Gasteiger partial charge in [-0.25, -0.2) is 4.68 Å². The van der Waals surface area contributed by atoms with E-state index in [1.165, 1.54) is 16.8 Å². The first-order chi connectivity index (χ1) is 13.3. The fourth-order valence-corrected chi connectivity index (χ4v) is 2.86. The summed E-state index contributed by atoms with van der Waals surface area (Å²) in [5, 5.41) is 44.1. The van der Waals surface area contributed by atoms with Crippen LogP contribution in [-0.4, -0.2) is 52.9 Å². The van der Waals surface area contributed by atoms with Crippen LogP contribution in [0.2, 0.25) is 5.02 Å². The topological polar surface area (TPSA) is 141 Å². The number of benzene rings is 1. The summed E-state index contributed by atoms with van der Waals surface area (Å²) < 4.78 is 1.51. The number of nitrogens with zero attached hydrogens (tertiary/aromatic N) is 5. The number of aryl methyl sites for hydroxylation is 1. The molecule has 3 aromatic rings. The van der Waals surface area contributed by atoms with Crippen LogP contribution in [0.5, 0.6) is 11.5 Å². The van der Waals surface area contributed by atoms with Gasteiger partial charge in [-0.3, -0.25) is 0 Å². The van der Waals surface area contributed by atoms with Crippen LogP contribution in [0.4, 0.5) is 11.8 Å². The third-order valence-electron chi connectivity index (χ3n) is 4.37. The van der Waals surface area contributed by atoms with E-state index in [1.807, 2.05) is 13.8 Å². The number of phenolic OH excluding ortho intramolecular Hbond substituents is 2. The smallest absolute Gasteiger partial charge is 0.227 e. The minimum atomic E-state index is -0.226. The Morgan fingerprint density at radius 1 is 1.18 bits per heavy atom. The molecule has 150 valence electrons. The first kappa shape index (κ1) is 19.9. The van der Waals surface area contributed by atoms with E-state index in [4.69, 9.17) is 11.6 Å². The number of anilines is 2. The number of aliphatic hydroxyl groups is 1. The molecule has 5 N–H and O–H groups in total. The van der Waals surface area contributed by atoms with Gasteiger partial charge in [0.15, 0.2) is 17.0 Å². The van der Waals surface area contributed by atoms with Crippen LogP contribution in [0.3, 0.4) is 0 Å². The van der Waals surface area contributed by atoms with E-state index in [0.717, 1.165) is 0 Å². The number of aliphatic hydroxyl groups excluding tert-OH is 1. The molecule has 0 fully saturated rings. The normalized spacial score (nSPS) is 12.5. The Bertz CT molecular complexity index is 969. The molecule has 1 aromatic carbocycles. The summed E-state index contributed by atoms with van der Waals surface area (Å²) in [6, 6.07) is 2.46. The molecule has 1 atom stereocenters. The highest BCUT2D eigenvalue weighted by Crippen LogP contribution is 2.32. The van der Waals surface area contributed by atoms with E-state index in [1.54, 1.807) is 7.05 Å². The van der Waals surface area contributed by atoms with Crippen molar-refractivity contribution in [2.45, 2.75) is 26.4 Å². The van der Waals surface area contributed by atoms with Crippen molar-refractivity contribution in [1.29, 1.82) is 0 Å². The van der Waals surface area contributed by atoms with E-state index in [2.05, 4.69) is 30.9 Å². The van der Waals surface area contributed by atoms with Gasteiger partial charge in [0.1, 0.15) is 11.5 Å². The molecule has 0 radical (unpaired) electrons. The van der Waals surface area contributed by atoms with Crippen LogP contribution in [0, 0.1) is 5.92 Å². The summed E-state index contributed by atoms with van der Waals surface area (Å²) in [6.45, 7) is 3.95. The largest absolute Gasteiger partial charge is 0.507 e. The van der Waals surface area contributed by atoms with Crippen LogP contribution in [0.1, 0.15) is 19.4 Å². The van der Waals surface area contributed by atoms with Gasteiger partial charge in [-0.15, -0.1) is 5.10 Å². The second-order valence-electron chi connectivity index (χ2n) is 6.73. The molecule has 2 aromatic heterocycles. The molecule has 0 bridgehead atoms. The molecule has 0 spiro atoms. The molecule has 0 saturated heterocycles. The van der Waals surface area contributed by atoms with Crippen LogP contribution in [-0.2, 0) is 13.6 Å². The maximum Gasteiger partial charge on any atom is 0.227 e. The lowest BCUT2D eigenvalue weighted by Crippen LogP contribution is -2.30. The monoisotopic (exact) mass is 407 g/mol. The van der Waals surface area contributed by atoms with E-state index < -0.39 is 0 Å². The van der Waals surface area contributed by atoms with E-state index >= 15 is 0 Å². The summed E-state index contributed by atoms with van der Waals surface area (Å²) in [7, 11) is 1.71. The Morgan fingerprint density at radius 3 is 2.46 bits per heavy atom. The Balaban J connectivity index is 1.94. The lowest BCUT2D eigenvalue weighted by atomic mass is 10.1. The highest BCUT2D eigenvalue weighted by atomic mass is 35.5. The van der Waals surface area contributed by atoms with Gasteiger partial charge in [0, 0.05) is 18.6 Å². The molecule has 0 aliphatic rings. The summed E-state index contributed by atoms with van der Waals surface area (Å²) in [5.74, 6) is 0.557. The maximum atomic E-state index is 10.0. The molecule has 0 amide bonds. The fourth-order valence-electron chi connectivity index (χ4n) is 2.65. The third-order valence-corrected chi connectivity index (χ3v) is 4.59. The highest BCUT2D eigenvalue weighted by Gasteiger charge is 2.18. The summed E-state index contributed by atoms with van der Waals surface area (Å²) in [5.41, 5.74) is 1.20. The van der Waals surface area contributed by atoms with E-state index in [-0.39, 0.29) is 47.2 Å². The van der Waals surface area contributed by atoms with Gasteiger partial charge in [0.25, 0.3) is 0 Å². The van der Waals surface area contributed by atoms with Crippen LogP contribution in [0.15, 0.2) is 12.1 Å². The lowest BCUT2D eigenvalue weighted by molar-refractivity contribution is 0.248. The van der Waals surface area contributed by atoms with Crippen molar-refractivity contribution in [3.63, 3.8) is 0 Å². The van der Waals surface area contributed by atoms with Crippen LogP contribution < -0.4 is 10.6 Å². The Kier molecular flexibility index (Phi) is 5.71. The zero-order valence-corrected chi connectivity index (χ0v) is 16.4. The molecule has 2 heterocycles. The first-order valence-electron chi connectivity index (χ1n) is 8.69. The van der Waals surface area contributed by atoms with Crippen LogP contribution >= 0.6 is 11.6 Å². The van der Waals surface area contributed by atoms with Gasteiger partial charge in [-0.05, 0) is 18.1 Å². The number of rotatable bonds is 7. The van der Waals surface area contributed by atoms with Gasteiger partial charge < -0.3 is 26.0 Å². The van der Waals surface area contributed by atoms with E-state index in [9.17, 15) is 15.3 Å². The van der Waals surface area contributed by atoms with Gasteiger partial charge in [-0.2, -0.15) is 9.97 Å². The van der Waals surface area contributed by atoms with Crippen molar-refractivity contribution >= 4 is 34.5 Å². The summed E-state index contributed by atoms with van der Waals surface area (Å²) in [6.07, 6.45) is 0. The second kappa shape index (κ2) is 8.03. The number of fused-ring (bicyclic) bond motifs is 1. The predicted molar refractivity (Wildman–Crippen MR) is 106 cm³/mol. The molecule has 1 unspecified atom stereocenters. The maximum absolute atomic E-state index is 10.0. The Labute approximate surface area is 166 Å². The number of aromatic nitrogens is 5. The lowest BCUT2D eigenvalue weighted by Gasteiger charge is -2.20. The average molecular weight is 408 g/mol. The van der Waals surface area contributed by atoms with Gasteiger partial charge in [0.2, 0.25) is 5.95 Å². The molecule has 10 nitrogen and oxygen atoms in total. The summed E-state index contributed by atoms with van der Waals surface area (Å²) in [4.78, 5) is 8.84. The predicted octanol–water partition coefficient (Wildman–Crippen LogP) is 1.86. The number of hydrogen-bond donors (Lipinski definition) is 5. The number of phenols is 2. The number of halogens is 1. The number of aromatic hydroxyl groups is 2. The third kappa shape index (κ3) is 4.02. The quantitative estimate of drug-likeness (QED) is 0.396. The van der Waals surface area contributed by atoms with Crippen molar-refractivity contribution in [2.24, 2.45) is 13.0 Å².